The fourth-order valence-electron chi connectivity index (χ4n) is 10.7. The summed E-state index contributed by atoms with van der Waals surface area (Å²) >= 11 is 25.4. The quantitative estimate of drug-likeness (QED) is 0.0564. The molecule has 14 heteroatoms. The topological polar surface area (TPSA) is 91.5 Å². The van der Waals surface area contributed by atoms with E-state index in [1.54, 1.807) is 6.08 Å². The van der Waals surface area contributed by atoms with Crippen LogP contribution >= 0.6 is 46.4 Å². The zero-order chi connectivity index (χ0) is 54.2. The van der Waals surface area contributed by atoms with Crippen LogP contribution in [-0.4, -0.2) is 64.1 Å². The van der Waals surface area contributed by atoms with Crippen LogP contribution in [0.4, 0.5) is 0 Å². The number of carbonyl (C=O) groups excluding carboxylic acids is 2. The second kappa shape index (κ2) is 25.7. The van der Waals surface area contributed by atoms with E-state index in [1.165, 1.54) is 0 Å². The van der Waals surface area contributed by atoms with Gasteiger partial charge in [0.1, 0.15) is 14.2 Å². The molecule has 2 aliphatic rings. The predicted molar refractivity (Wildman–Crippen MR) is 308 cm³/mol. The van der Waals surface area contributed by atoms with Crippen molar-refractivity contribution in [2.45, 2.75) is 141 Å². The van der Waals surface area contributed by atoms with Gasteiger partial charge < -0.3 is 9.80 Å². The standard InChI is InChI=1S/C30H37Cl2N3O2S.C29H37Cl2NO2S/c1-8-16-30(6)18-26(23-10-9-11-25(32)17-23)28(22-12-14-24(31)15-13-22)35(29(30)36)27(20(2)3)19-38(37,21(4)5)34-33-7;1-7-15-29(6)17-25(22-9-8-10-24(31)16-22)27(21-11-13-23(30)14-12-21)32(28(29)33)26(19(2)3)18-35(34)20(4)5/h8-15,17,20-21,26-28H,1,16,18-19H2,2-6H3;7-14,16,19-20,25-27H,1,15,17-18H2,2-6H3/t26-,27-,28-,30+,38?;25-,26-,27-,29+,35?/m11/s1. The van der Waals surface area contributed by atoms with Crippen molar-refractivity contribution < 1.29 is 18.0 Å². The Bertz CT molecular complexity index is 2770. The van der Waals surface area contributed by atoms with E-state index in [1.807, 2.05) is 156 Å². The number of piperidine rings is 2. The van der Waals surface area contributed by atoms with Crippen molar-refractivity contribution >= 4 is 78.7 Å². The lowest BCUT2D eigenvalue weighted by molar-refractivity contribution is -0.155. The van der Waals surface area contributed by atoms with Crippen LogP contribution in [0.3, 0.4) is 0 Å². The Morgan fingerprint density at radius 2 is 1.07 bits per heavy atom. The third-order valence-electron chi connectivity index (χ3n) is 14.8. The summed E-state index contributed by atoms with van der Waals surface area (Å²) in [4.78, 5) is 36.1. The summed E-state index contributed by atoms with van der Waals surface area (Å²) < 4.78 is 31.0. The molecule has 0 radical (unpaired) electrons. The normalized spacial score (nSPS) is 24.3. The van der Waals surface area contributed by atoms with Crippen LogP contribution in [0.25, 0.3) is 4.95 Å². The molecule has 73 heavy (non-hydrogen) atoms. The smallest absolute Gasteiger partial charge is 0.229 e. The first-order chi connectivity index (χ1) is 34.3. The van der Waals surface area contributed by atoms with E-state index in [9.17, 15) is 18.0 Å². The molecule has 0 bridgehead atoms. The van der Waals surface area contributed by atoms with Crippen LogP contribution in [0.5, 0.6) is 0 Å². The lowest BCUT2D eigenvalue weighted by Gasteiger charge is -2.53. The van der Waals surface area contributed by atoms with Crippen LogP contribution in [0.1, 0.15) is 141 Å². The Balaban J connectivity index is 0.000000272. The van der Waals surface area contributed by atoms with Gasteiger partial charge in [-0.2, -0.15) is 6.57 Å². The van der Waals surface area contributed by atoms with Gasteiger partial charge in [0.05, 0.1) is 28.7 Å². The number of benzene rings is 4. The summed E-state index contributed by atoms with van der Waals surface area (Å²) in [6, 6.07) is 29.9. The Kier molecular flexibility index (Phi) is 21.1. The van der Waals surface area contributed by atoms with Gasteiger partial charge in [0.15, 0.2) is 0 Å². The largest absolute Gasteiger partial charge is 0.330 e. The van der Waals surface area contributed by atoms with Gasteiger partial charge in [-0.3, -0.25) is 13.8 Å². The van der Waals surface area contributed by atoms with Crippen LogP contribution in [0, 0.1) is 29.2 Å². The molecule has 0 aromatic heterocycles. The summed E-state index contributed by atoms with van der Waals surface area (Å²) in [7, 11) is -3.97. The van der Waals surface area contributed by atoms with Crippen LogP contribution < -0.4 is 0 Å². The maximum absolute atomic E-state index is 14.5. The molecular formula is C59H74Cl4N4O4S2. The number of rotatable bonds is 18. The molecule has 10 atom stereocenters. The van der Waals surface area contributed by atoms with Gasteiger partial charge in [0.25, 0.3) is 0 Å². The van der Waals surface area contributed by atoms with Crippen molar-refractivity contribution in [1.29, 1.82) is 0 Å². The van der Waals surface area contributed by atoms with E-state index in [2.05, 4.69) is 48.6 Å². The third-order valence-corrected chi connectivity index (χ3v) is 20.2. The minimum atomic E-state index is -2.91. The van der Waals surface area contributed by atoms with E-state index in [4.69, 9.17) is 53.0 Å². The molecule has 4 aromatic carbocycles. The zero-order valence-corrected chi connectivity index (χ0v) is 48.7. The van der Waals surface area contributed by atoms with Crippen LogP contribution in [0.15, 0.2) is 127 Å². The highest BCUT2D eigenvalue weighted by Gasteiger charge is 2.54. The Morgan fingerprint density at radius 3 is 1.40 bits per heavy atom. The minimum absolute atomic E-state index is 0.00580. The first kappa shape index (κ1) is 59.9. The Labute approximate surface area is 459 Å². The Hall–Kier alpha value is -3.95. The van der Waals surface area contributed by atoms with E-state index < -0.39 is 37.4 Å². The van der Waals surface area contributed by atoms with Crippen molar-refractivity contribution in [2.24, 2.45) is 27.1 Å². The van der Waals surface area contributed by atoms with Crippen LogP contribution in [-0.2, 0) is 30.1 Å². The molecule has 2 aliphatic heterocycles. The number of nitrogens with zero attached hydrogens (tertiary/aromatic N) is 4. The number of halogens is 4. The van der Waals surface area contributed by atoms with Crippen LogP contribution in [0.2, 0.25) is 20.1 Å². The molecule has 8 nitrogen and oxygen atoms in total. The van der Waals surface area contributed by atoms with Gasteiger partial charge in [-0.05, 0) is 122 Å². The Morgan fingerprint density at radius 1 is 0.671 bits per heavy atom. The van der Waals surface area contributed by atoms with Crippen molar-refractivity contribution in [1.82, 2.24) is 9.80 Å². The van der Waals surface area contributed by atoms with Gasteiger partial charge in [0, 0.05) is 71.1 Å². The molecule has 394 valence electrons. The fourth-order valence-corrected chi connectivity index (χ4v) is 14.4. The lowest BCUT2D eigenvalue weighted by atomic mass is 9.67. The number of hydrogen-bond donors (Lipinski definition) is 0. The van der Waals surface area contributed by atoms with Crippen molar-refractivity contribution in [3.05, 3.63) is 176 Å². The summed E-state index contributed by atoms with van der Waals surface area (Å²) in [5, 5.41) is 2.25. The molecule has 2 unspecified atom stereocenters. The molecule has 2 fully saturated rings. The predicted octanol–water partition coefficient (Wildman–Crippen LogP) is 16.2. The molecule has 0 N–H and O–H groups in total. The first-order valence-electron chi connectivity index (χ1n) is 25.2. The van der Waals surface area contributed by atoms with Gasteiger partial charge in [-0.15, -0.1) is 18.1 Å². The molecule has 2 heterocycles. The SMILES string of the molecule is C=CC[C@@]1(C)C[C@H](c2cccc(Cl)c2)[C@@H](c2ccc(Cl)cc2)N([C@H](CS(=O)C(C)C)C(C)C)C1=O.[C-]#[N+]N=S(=O)(C[C@H](C(C)C)N1C(=O)[C@@](C)(CC=C)C[C@H](c2cccc(Cl)c2)[C@H]1c1ccc(Cl)cc1)C(C)C. The highest BCUT2D eigenvalue weighted by molar-refractivity contribution is 7.94. The molecule has 0 spiro atoms. The molecular weight excluding hydrogens is 1030 g/mol. The van der Waals surface area contributed by atoms with Crippen molar-refractivity contribution in [3.8, 4) is 0 Å². The van der Waals surface area contributed by atoms with E-state index in [0.717, 1.165) is 22.3 Å². The monoisotopic (exact) mass is 1110 g/mol. The van der Waals surface area contributed by atoms with Crippen molar-refractivity contribution in [3.63, 3.8) is 0 Å². The zero-order valence-electron chi connectivity index (χ0n) is 44.1. The second-order valence-electron chi connectivity index (χ2n) is 21.6. The molecule has 0 aliphatic carbocycles. The number of amides is 2. The molecule has 4 aromatic rings. The maximum atomic E-state index is 14.5. The number of carbonyl (C=O) groups is 2. The number of allylic oxidation sites excluding steroid dienone is 2. The summed E-state index contributed by atoms with van der Waals surface area (Å²) in [5.74, 6) is 0.642. The third kappa shape index (κ3) is 14.1. The minimum Gasteiger partial charge on any atom is -0.330 e. The molecule has 2 amide bonds. The van der Waals surface area contributed by atoms with Gasteiger partial charge in [-0.25, -0.2) is 4.21 Å². The summed E-state index contributed by atoms with van der Waals surface area (Å²) in [6.07, 6.45) is 5.97. The number of likely N-dealkylation sites (tertiary alicyclic amines) is 2. The average molecular weight is 1110 g/mol. The van der Waals surface area contributed by atoms with E-state index >= 15 is 0 Å². The lowest BCUT2D eigenvalue weighted by Crippen LogP contribution is -2.58. The molecule has 6 rings (SSSR count). The van der Waals surface area contributed by atoms with Gasteiger partial charge >= 0.3 is 0 Å². The maximum Gasteiger partial charge on any atom is 0.229 e. The molecule has 2 saturated heterocycles. The summed E-state index contributed by atoms with van der Waals surface area (Å²) in [5.41, 5.74) is 2.75. The summed E-state index contributed by atoms with van der Waals surface area (Å²) in [6.45, 7) is 35.1. The van der Waals surface area contributed by atoms with E-state index in [-0.39, 0.29) is 69.9 Å². The average Bonchev–Trinajstić information content (AvgIpc) is 3.32. The molecule has 0 saturated carbocycles. The first-order valence-corrected chi connectivity index (χ1v) is 29.8. The fraction of sp³-hybridized carbons (Fsp3) is 0.475. The van der Waals surface area contributed by atoms with Gasteiger partial charge in [0.2, 0.25) is 11.8 Å². The number of hydrogen-bond acceptors (Lipinski definition) is 5. The second-order valence-corrected chi connectivity index (χ2v) is 28.2. The highest BCUT2D eigenvalue weighted by atomic mass is 35.5. The highest BCUT2D eigenvalue weighted by Crippen LogP contribution is 2.54. The van der Waals surface area contributed by atoms with Crippen molar-refractivity contribution in [2.75, 3.05) is 11.5 Å². The van der Waals surface area contributed by atoms with E-state index in [0.29, 0.717) is 51.5 Å². The van der Waals surface area contributed by atoms with Gasteiger partial charge in [-0.1, -0.05) is 162 Å².